The number of halogens is 1. The number of carbonyl (C=O) groups excluding carboxylic acids is 2. The molecule has 2 amide bonds. The maximum absolute atomic E-state index is 13.6. The molecule has 0 bridgehead atoms. The molecule has 1 aromatic heterocycles. The fourth-order valence-corrected chi connectivity index (χ4v) is 5.64. The molecule has 10 heteroatoms. The number of pyridine rings is 1. The van der Waals surface area contributed by atoms with Gasteiger partial charge in [-0.1, -0.05) is 40.9 Å². The van der Waals surface area contributed by atoms with Crippen LogP contribution in [0, 0.1) is 13.8 Å². The molecule has 0 aliphatic carbocycles. The molecule has 1 fully saturated rings. The molecule has 1 aliphatic rings. The van der Waals surface area contributed by atoms with Gasteiger partial charge in [-0.15, -0.1) is 0 Å². The average molecular weight is 598 g/mol. The highest BCUT2D eigenvalue weighted by Crippen LogP contribution is 2.37. The Morgan fingerprint density at radius 1 is 1.10 bits per heavy atom. The van der Waals surface area contributed by atoms with Gasteiger partial charge in [-0.3, -0.25) is 14.4 Å². The maximum Gasteiger partial charge on any atom is 0.410 e. The molecular weight excluding hydrogens is 558 g/mol. The molecule has 1 saturated heterocycles. The average Bonchev–Trinajstić information content (AvgIpc) is 2.90. The van der Waals surface area contributed by atoms with Crippen molar-refractivity contribution in [1.29, 1.82) is 0 Å². The number of hydrogen-bond acceptors (Lipinski definition) is 6. The van der Waals surface area contributed by atoms with Gasteiger partial charge in [-0.2, -0.15) is 0 Å². The van der Waals surface area contributed by atoms with E-state index in [2.05, 4.69) is 4.98 Å². The SMILES string of the molecule is CON(C)C(=O)c1cc2c(OCCC3CCCCN3C(=O)OC(C)(C)C)c(-c3cc(C)cc(C)c3)c(=O)[nH]c2cc1Cl. The Morgan fingerprint density at radius 2 is 1.79 bits per heavy atom. The minimum absolute atomic E-state index is 0.0616. The van der Waals surface area contributed by atoms with Crippen molar-refractivity contribution >= 4 is 34.5 Å². The lowest BCUT2D eigenvalue weighted by atomic mass is 9.98. The number of aromatic amines is 1. The van der Waals surface area contributed by atoms with Crippen molar-refractivity contribution in [2.75, 3.05) is 27.3 Å². The summed E-state index contributed by atoms with van der Waals surface area (Å²) in [5.74, 6) is -0.0890. The molecule has 1 aliphatic heterocycles. The predicted octanol–water partition coefficient (Wildman–Crippen LogP) is 6.66. The van der Waals surface area contributed by atoms with Crippen LogP contribution in [0.25, 0.3) is 22.0 Å². The van der Waals surface area contributed by atoms with Crippen molar-refractivity contribution < 1.29 is 23.9 Å². The molecule has 1 unspecified atom stereocenters. The summed E-state index contributed by atoms with van der Waals surface area (Å²) < 4.78 is 12.1. The zero-order valence-electron chi connectivity index (χ0n) is 25.4. The summed E-state index contributed by atoms with van der Waals surface area (Å²) in [5, 5.41) is 1.79. The second-order valence-corrected chi connectivity index (χ2v) is 12.3. The number of piperidine rings is 1. The number of fused-ring (bicyclic) bond motifs is 1. The largest absolute Gasteiger partial charge is 0.492 e. The maximum atomic E-state index is 13.6. The summed E-state index contributed by atoms with van der Waals surface area (Å²) in [6, 6.07) is 9.02. The van der Waals surface area contributed by atoms with E-state index in [1.807, 2.05) is 52.8 Å². The Bertz CT molecular complexity index is 1520. The number of hydrogen-bond donors (Lipinski definition) is 1. The molecule has 2 aromatic carbocycles. The summed E-state index contributed by atoms with van der Waals surface area (Å²) in [7, 11) is 2.89. The van der Waals surface area contributed by atoms with Gasteiger partial charge >= 0.3 is 6.09 Å². The molecule has 3 aromatic rings. The summed E-state index contributed by atoms with van der Waals surface area (Å²) in [6.07, 6.45) is 2.97. The van der Waals surface area contributed by atoms with Crippen LogP contribution >= 0.6 is 11.6 Å². The van der Waals surface area contributed by atoms with Crippen LogP contribution in [0.4, 0.5) is 4.79 Å². The first-order chi connectivity index (χ1) is 19.8. The van der Waals surface area contributed by atoms with Gasteiger partial charge in [0.1, 0.15) is 11.4 Å². The molecule has 1 N–H and O–H groups in total. The second-order valence-electron chi connectivity index (χ2n) is 11.9. The number of nitrogens with zero attached hydrogens (tertiary/aromatic N) is 2. The van der Waals surface area contributed by atoms with Crippen LogP contribution in [0.2, 0.25) is 5.02 Å². The van der Waals surface area contributed by atoms with Gasteiger partial charge in [-0.05, 0) is 71.6 Å². The molecule has 0 radical (unpaired) electrons. The summed E-state index contributed by atoms with van der Waals surface area (Å²) in [4.78, 5) is 49.3. The number of likely N-dealkylation sites (tertiary alicyclic amines) is 1. The molecule has 4 rings (SSSR count). The van der Waals surface area contributed by atoms with E-state index in [0.717, 1.165) is 35.5 Å². The third kappa shape index (κ3) is 7.07. The molecular formula is C32H40ClN3O6. The lowest BCUT2D eigenvalue weighted by molar-refractivity contribution is -0.0756. The minimum Gasteiger partial charge on any atom is -0.492 e. The highest BCUT2D eigenvalue weighted by Gasteiger charge is 2.31. The van der Waals surface area contributed by atoms with Crippen LogP contribution in [0.15, 0.2) is 35.1 Å². The van der Waals surface area contributed by atoms with Crippen LogP contribution in [0.5, 0.6) is 5.75 Å². The van der Waals surface area contributed by atoms with Gasteiger partial charge in [0.15, 0.2) is 0 Å². The van der Waals surface area contributed by atoms with Crippen LogP contribution < -0.4 is 10.3 Å². The first kappa shape index (κ1) is 31.4. The monoisotopic (exact) mass is 597 g/mol. The van der Waals surface area contributed by atoms with E-state index in [4.69, 9.17) is 25.9 Å². The predicted molar refractivity (Wildman–Crippen MR) is 164 cm³/mol. The highest BCUT2D eigenvalue weighted by molar-refractivity contribution is 6.34. The number of aryl methyl sites for hydroxylation is 2. The van der Waals surface area contributed by atoms with E-state index in [0.29, 0.717) is 40.7 Å². The fraction of sp³-hybridized carbons (Fsp3) is 0.469. The first-order valence-electron chi connectivity index (χ1n) is 14.2. The van der Waals surface area contributed by atoms with E-state index >= 15 is 0 Å². The van der Waals surface area contributed by atoms with Crippen LogP contribution in [0.1, 0.15) is 67.9 Å². The highest BCUT2D eigenvalue weighted by atomic mass is 35.5. The van der Waals surface area contributed by atoms with Gasteiger partial charge in [-0.25, -0.2) is 9.86 Å². The van der Waals surface area contributed by atoms with E-state index < -0.39 is 11.5 Å². The quantitative estimate of drug-likeness (QED) is 0.306. The van der Waals surface area contributed by atoms with E-state index in [-0.39, 0.29) is 34.9 Å². The minimum atomic E-state index is -0.590. The Morgan fingerprint density at radius 3 is 2.43 bits per heavy atom. The summed E-state index contributed by atoms with van der Waals surface area (Å²) >= 11 is 6.48. The second kappa shape index (κ2) is 12.8. The van der Waals surface area contributed by atoms with Gasteiger partial charge in [0.05, 0.1) is 35.4 Å². The van der Waals surface area contributed by atoms with Crippen LogP contribution in [-0.4, -0.2) is 65.9 Å². The smallest absolute Gasteiger partial charge is 0.410 e. The molecule has 226 valence electrons. The van der Waals surface area contributed by atoms with Crippen molar-refractivity contribution in [3.8, 4) is 16.9 Å². The number of amides is 2. The number of benzene rings is 2. The number of carbonyl (C=O) groups is 2. The van der Waals surface area contributed by atoms with Crippen molar-refractivity contribution in [1.82, 2.24) is 14.9 Å². The lowest BCUT2D eigenvalue weighted by Gasteiger charge is -2.36. The number of hydroxylamine groups is 2. The van der Waals surface area contributed by atoms with Crippen LogP contribution in [0.3, 0.4) is 0 Å². The lowest BCUT2D eigenvalue weighted by Crippen LogP contribution is -2.46. The van der Waals surface area contributed by atoms with Crippen molar-refractivity contribution in [2.24, 2.45) is 0 Å². The van der Waals surface area contributed by atoms with Gasteiger partial charge in [0.25, 0.3) is 11.5 Å². The van der Waals surface area contributed by atoms with Crippen molar-refractivity contribution in [3.63, 3.8) is 0 Å². The zero-order chi connectivity index (χ0) is 30.8. The Labute approximate surface area is 251 Å². The number of ether oxygens (including phenoxy) is 2. The zero-order valence-corrected chi connectivity index (χ0v) is 26.2. The van der Waals surface area contributed by atoms with E-state index in [9.17, 15) is 14.4 Å². The van der Waals surface area contributed by atoms with Gasteiger partial charge < -0.3 is 19.4 Å². The van der Waals surface area contributed by atoms with Crippen molar-refractivity contribution in [2.45, 2.75) is 71.9 Å². The number of H-pyrrole nitrogens is 1. The third-order valence-corrected chi connectivity index (χ3v) is 7.62. The van der Waals surface area contributed by atoms with Crippen molar-refractivity contribution in [3.05, 3.63) is 62.4 Å². The van der Waals surface area contributed by atoms with E-state index in [1.54, 1.807) is 17.0 Å². The van der Waals surface area contributed by atoms with E-state index in [1.165, 1.54) is 14.2 Å². The Kier molecular flexibility index (Phi) is 9.53. The number of aromatic nitrogens is 1. The standard InChI is InChI=1S/C32H40ClN3O6/c1-19-14-20(2)16-21(15-19)27-28(41-13-11-22-10-8-9-12-36(22)31(39)42-32(3,4)5)24-17-23(30(38)35(6)40-7)25(33)18-26(24)34-29(27)37/h14-18,22H,8-13H2,1-7H3,(H,34,37). The Hall–Kier alpha value is -3.56. The molecule has 0 spiro atoms. The fourth-order valence-electron chi connectivity index (χ4n) is 5.39. The van der Waals surface area contributed by atoms with Gasteiger partial charge in [0.2, 0.25) is 0 Å². The Balaban J connectivity index is 1.77. The van der Waals surface area contributed by atoms with Crippen LogP contribution in [-0.2, 0) is 9.57 Å². The normalized spacial score (nSPS) is 15.5. The molecule has 9 nitrogen and oxygen atoms in total. The topological polar surface area (TPSA) is 101 Å². The molecule has 2 heterocycles. The first-order valence-corrected chi connectivity index (χ1v) is 14.6. The molecule has 1 atom stereocenters. The summed E-state index contributed by atoms with van der Waals surface area (Å²) in [6.45, 7) is 10.4. The number of rotatable bonds is 7. The summed E-state index contributed by atoms with van der Waals surface area (Å²) in [5.41, 5.74) is 2.79. The third-order valence-electron chi connectivity index (χ3n) is 7.31. The number of nitrogens with one attached hydrogen (secondary N) is 1. The van der Waals surface area contributed by atoms with Gasteiger partial charge in [0, 0.05) is 31.4 Å². The molecule has 42 heavy (non-hydrogen) atoms. The molecule has 0 saturated carbocycles.